The van der Waals surface area contributed by atoms with Gasteiger partial charge >= 0.3 is 5.63 Å². The van der Waals surface area contributed by atoms with Gasteiger partial charge in [-0.2, -0.15) is 0 Å². The predicted octanol–water partition coefficient (Wildman–Crippen LogP) is 3.88. The lowest BCUT2D eigenvalue weighted by Gasteiger charge is -2.20. The molecule has 3 aromatic rings. The zero-order chi connectivity index (χ0) is 18.3. The monoisotopic (exact) mass is 348 g/mol. The molecule has 132 valence electrons. The van der Waals surface area contributed by atoms with Crippen LogP contribution in [0.5, 0.6) is 0 Å². The Morgan fingerprint density at radius 2 is 2.04 bits per heavy atom. The Morgan fingerprint density at radius 1 is 1.23 bits per heavy atom. The van der Waals surface area contributed by atoms with E-state index >= 15 is 0 Å². The molecule has 0 aliphatic carbocycles. The van der Waals surface area contributed by atoms with Crippen molar-refractivity contribution in [2.75, 3.05) is 16.8 Å². The maximum absolute atomic E-state index is 12.0. The molecule has 0 radical (unpaired) electrons. The van der Waals surface area contributed by atoms with Gasteiger partial charge in [0.15, 0.2) is 0 Å². The van der Waals surface area contributed by atoms with E-state index in [4.69, 9.17) is 4.42 Å². The highest BCUT2D eigenvalue weighted by molar-refractivity contribution is 5.92. The van der Waals surface area contributed by atoms with Gasteiger partial charge in [-0.05, 0) is 29.3 Å². The molecule has 5 heteroatoms. The van der Waals surface area contributed by atoms with Crippen LogP contribution in [0.1, 0.15) is 30.9 Å². The molecule has 4 rings (SSSR count). The molecule has 2 aromatic carbocycles. The second-order valence-electron chi connectivity index (χ2n) is 6.82. The van der Waals surface area contributed by atoms with Crippen LogP contribution in [0.4, 0.5) is 11.4 Å². The summed E-state index contributed by atoms with van der Waals surface area (Å²) in [4.78, 5) is 25.6. The van der Waals surface area contributed by atoms with Crippen LogP contribution in [-0.4, -0.2) is 12.5 Å². The predicted molar refractivity (Wildman–Crippen MR) is 103 cm³/mol. The minimum absolute atomic E-state index is 0.162. The quantitative estimate of drug-likeness (QED) is 0.730. The normalized spacial score (nSPS) is 15.9. The highest BCUT2D eigenvalue weighted by atomic mass is 16.4. The Bertz CT molecular complexity index is 1050. The van der Waals surface area contributed by atoms with Crippen LogP contribution in [-0.2, 0) is 11.3 Å². The molecule has 0 spiro atoms. The molecule has 2 heterocycles. The van der Waals surface area contributed by atoms with Gasteiger partial charge in [-0.3, -0.25) is 4.79 Å². The minimum atomic E-state index is -0.381. The fraction of sp³-hybridized carbons (Fsp3) is 0.238. The number of nitrogens with one attached hydrogen (secondary N) is 1. The van der Waals surface area contributed by atoms with E-state index in [0.29, 0.717) is 23.7 Å². The molecular formula is C21H20N2O3. The van der Waals surface area contributed by atoms with Gasteiger partial charge in [-0.15, -0.1) is 0 Å². The first-order chi connectivity index (χ1) is 12.5. The number of fused-ring (bicyclic) bond motifs is 2. The van der Waals surface area contributed by atoms with E-state index in [-0.39, 0.29) is 11.5 Å². The molecular weight excluding hydrogens is 328 g/mol. The molecule has 1 aliphatic rings. The summed E-state index contributed by atoms with van der Waals surface area (Å²) in [6.07, 6.45) is 0. The average Bonchev–Trinajstić information content (AvgIpc) is 2.90. The third-order valence-electron chi connectivity index (χ3n) is 4.81. The SMILES string of the molecule is CC(=O)Nc1ccc2c(CN3CC(C)c4ccccc43)cc(=O)oc2c1. The lowest BCUT2D eigenvalue weighted by molar-refractivity contribution is -0.114. The van der Waals surface area contributed by atoms with E-state index in [9.17, 15) is 9.59 Å². The number of carbonyl (C=O) groups is 1. The number of anilines is 2. The zero-order valence-corrected chi connectivity index (χ0v) is 14.8. The summed E-state index contributed by atoms with van der Waals surface area (Å²) in [6.45, 7) is 5.23. The van der Waals surface area contributed by atoms with Gasteiger partial charge in [0, 0.05) is 54.8 Å². The van der Waals surface area contributed by atoms with Crippen LogP contribution in [0.3, 0.4) is 0 Å². The molecule has 0 fully saturated rings. The second kappa shape index (κ2) is 6.33. The standard InChI is InChI=1S/C21H20N2O3/c1-13-11-23(19-6-4-3-5-17(13)19)12-15-9-21(25)26-20-10-16(22-14(2)24)7-8-18(15)20/h3-10,13H,11-12H2,1-2H3,(H,22,24). The van der Waals surface area contributed by atoms with Crippen LogP contribution in [0.25, 0.3) is 11.0 Å². The molecule has 5 nitrogen and oxygen atoms in total. The van der Waals surface area contributed by atoms with Gasteiger partial charge < -0.3 is 14.6 Å². The van der Waals surface area contributed by atoms with Gasteiger partial charge in [-0.25, -0.2) is 4.79 Å². The molecule has 1 aromatic heterocycles. The van der Waals surface area contributed by atoms with Crippen LogP contribution < -0.4 is 15.8 Å². The van der Waals surface area contributed by atoms with Crippen molar-refractivity contribution in [1.29, 1.82) is 0 Å². The third kappa shape index (κ3) is 2.96. The zero-order valence-electron chi connectivity index (χ0n) is 14.8. The topological polar surface area (TPSA) is 62.6 Å². The van der Waals surface area contributed by atoms with Crippen LogP contribution >= 0.6 is 0 Å². The lowest BCUT2D eigenvalue weighted by Crippen LogP contribution is -2.21. The van der Waals surface area contributed by atoms with E-state index in [1.165, 1.54) is 18.2 Å². The van der Waals surface area contributed by atoms with Crippen molar-refractivity contribution in [3.63, 3.8) is 0 Å². The van der Waals surface area contributed by atoms with Crippen molar-refractivity contribution in [1.82, 2.24) is 0 Å². The van der Waals surface area contributed by atoms with Crippen molar-refractivity contribution in [3.8, 4) is 0 Å². The van der Waals surface area contributed by atoms with Crippen molar-refractivity contribution >= 4 is 28.3 Å². The summed E-state index contributed by atoms with van der Waals surface area (Å²) < 4.78 is 5.35. The summed E-state index contributed by atoms with van der Waals surface area (Å²) in [7, 11) is 0. The van der Waals surface area contributed by atoms with Crippen molar-refractivity contribution < 1.29 is 9.21 Å². The van der Waals surface area contributed by atoms with Gasteiger partial charge in [0.05, 0.1) is 0 Å². The smallest absolute Gasteiger partial charge is 0.336 e. The Hall–Kier alpha value is -3.08. The Balaban J connectivity index is 1.73. The van der Waals surface area contributed by atoms with Crippen LogP contribution in [0, 0.1) is 0 Å². The summed E-state index contributed by atoms with van der Waals surface area (Å²) >= 11 is 0. The number of nitrogens with zero attached hydrogens (tertiary/aromatic N) is 1. The number of benzene rings is 2. The molecule has 0 saturated heterocycles. The van der Waals surface area contributed by atoms with E-state index in [1.807, 2.05) is 18.2 Å². The first-order valence-corrected chi connectivity index (χ1v) is 8.69. The highest BCUT2D eigenvalue weighted by Gasteiger charge is 2.25. The van der Waals surface area contributed by atoms with Gasteiger partial charge in [0.2, 0.25) is 5.91 Å². The Morgan fingerprint density at radius 3 is 2.85 bits per heavy atom. The lowest BCUT2D eigenvalue weighted by atomic mass is 10.0. The summed E-state index contributed by atoms with van der Waals surface area (Å²) in [6, 6.07) is 15.4. The van der Waals surface area contributed by atoms with Crippen molar-refractivity contribution in [2.45, 2.75) is 26.3 Å². The number of amides is 1. The first kappa shape index (κ1) is 16.4. The van der Waals surface area contributed by atoms with E-state index in [1.54, 1.807) is 12.1 Å². The third-order valence-corrected chi connectivity index (χ3v) is 4.81. The maximum Gasteiger partial charge on any atom is 0.336 e. The molecule has 1 N–H and O–H groups in total. The van der Waals surface area contributed by atoms with Gasteiger partial charge in [-0.1, -0.05) is 25.1 Å². The van der Waals surface area contributed by atoms with Crippen LogP contribution in [0.2, 0.25) is 0 Å². The maximum atomic E-state index is 12.0. The number of hydrogen-bond acceptors (Lipinski definition) is 4. The van der Waals surface area contributed by atoms with E-state index in [0.717, 1.165) is 17.5 Å². The fourth-order valence-corrected chi connectivity index (χ4v) is 3.72. The minimum Gasteiger partial charge on any atom is -0.423 e. The highest BCUT2D eigenvalue weighted by Crippen LogP contribution is 2.37. The molecule has 26 heavy (non-hydrogen) atoms. The second-order valence-corrected chi connectivity index (χ2v) is 6.82. The van der Waals surface area contributed by atoms with Gasteiger partial charge in [0.25, 0.3) is 0 Å². The number of carbonyl (C=O) groups excluding carboxylic acids is 1. The van der Waals surface area contributed by atoms with E-state index < -0.39 is 0 Å². The van der Waals surface area contributed by atoms with Crippen LogP contribution in [0.15, 0.2) is 57.7 Å². The van der Waals surface area contributed by atoms with E-state index in [2.05, 4.69) is 35.3 Å². The van der Waals surface area contributed by atoms with Crippen molar-refractivity contribution in [3.05, 3.63) is 70.1 Å². The molecule has 0 saturated carbocycles. The molecule has 1 amide bonds. The number of rotatable bonds is 3. The number of para-hydroxylation sites is 1. The Kier molecular flexibility index (Phi) is 3.99. The fourth-order valence-electron chi connectivity index (χ4n) is 3.72. The summed E-state index contributed by atoms with van der Waals surface area (Å²) in [5, 5.41) is 3.60. The summed E-state index contributed by atoms with van der Waals surface area (Å²) in [5.41, 5.74) is 4.20. The molecule has 1 aliphatic heterocycles. The Labute approximate surface area is 151 Å². The first-order valence-electron chi connectivity index (χ1n) is 8.69. The average molecular weight is 348 g/mol. The molecule has 1 unspecified atom stereocenters. The van der Waals surface area contributed by atoms with Gasteiger partial charge in [0.1, 0.15) is 5.58 Å². The largest absolute Gasteiger partial charge is 0.423 e. The summed E-state index contributed by atoms with van der Waals surface area (Å²) in [5.74, 6) is 0.300. The van der Waals surface area contributed by atoms with Crippen molar-refractivity contribution in [2.24, 2.45) is 0 Å². The molecule has 1 atom stereocenters. The number of hydrogen-bond donors (Lipinski definition) is 1. The molecule has 0 bridgehead atoms.